The van der Waals surface area contributed by atoms with Crippen molar-refractivity contribution in [1.29, 1.82) is 0 Å². The molecule has 176 valence electrons. The molecule has 0 fully saturated rings. The smallest absolute Gasteiger partial charge is 0.333 e. The summed E-state index contributed by atoms with van der Waals surface area (Å²) >= 11 is 0. The van der Waals surface area contributed by atoms with Crippen molar-refractivity contribution < 1.29 is 24.2 Å². The number of urea groups is 1. The maximum atomic E-state index is 12.5. The molecular weight excluding hydrogens is 396 g/mol. The molecule has 31 heavy (non-hydrogen) atoms. The third-order valence-corrected chi connectivity index (χ3v) is 4.85. The molecule has 1 unspecified atom stereocenters. The molecule has 0 aliphatic carbocycles. The number of unbranched alkanes of at least 4 members (excludes halogenated alkanes) is 4. The van der Waals surface area contributed by atoms with Crippen LogP contribution in [0.5, 0.6) is 5.75 Å². The molecule has 2 amide bonds. The standard InChI is InChI=1S/C24H40N2O5/c1-5-7-8-9-10-15-26(24(29)25-19(3)4)16-17-31-21-13-11-20(12-14-21)18-22(23(27)28)30-6-2/h11-14,19,22H,5-10,15-18H2,1-4H3,(H,25,29)(H,27,28). The molecule has 0 aliphatic rings. The highest BCUT2D eigenvalue weighted by Crippen LogP contribution is 2.15. The zero-order valence-corrected chi connectivity index (χ0v) is 19.6. The Morgan fingerprint density at radius 2 is 1.71 bits per heavy atom. The second-order valence-corrected chi connectivity index (χ2v) is 7.98. The molecule has 0 aliphatic heterocycles. The molecule has 0 heterocycles. The number of carboxylic acids is 1. The Morgan fingerprint density at radius 1 is 1.03 bits per heavy atom. The van der Waals surface area contributed by atoms with Crippen LogP contribution in [0.1, 0.15) is 65.4 Å². The van der Waals surface area contributed by atoms with Crippen molar-refractivity contribution in [2.24, 2.45) is 0 Å². The number of carbonyl (C=O) groups is 2. The topological polar surface area (TPSA) is 88.1 Å². The van der Waals surface area contributed by atoms with Crippen LogP contribution in [0.2, 0.25) is 0 Å². The number of benzene rings is 1. The lowest BCUT2D eigenvalue weighted by molar-refractivity contribution is -0.149. The number of rotatable bonds is 16. The Labute approximate surface area is 187 Å². The van der Waals surface area contributed by atoms with Gasteiger partial charge in [0.05, 0.1) is 6.54 Å². The van der Waals surface area contributed by atoms with Gasteiger partial charge in [-0.1, -0.05) is 44.7 Å². The maximum absolute atomic E-state index is 12.5. The van der Waals surface area contributed by atoms with E-state index in [1.54, 1.807) is 6.92 Å². The summed E-state index contributed by atoms with van der Waals surface area (Å²) in [6.07, 6.45) is 5.21. The molecule has 1 rings (SSSR count). The highest BCUT2D eigenvalue weighted by molar-refractivity contribution is 5.74. The SMILES string of the molecule is CCCCCCCN(CCOc1ccc(CC(OCC)C(=O)O)cc1)C(=O)NC(C)C. The van der Waals surface area contributed by atoms with Gasteiger partial charge in [-0.3, -0.25) is 0 Å². The Hall–Kier alpha value is -2.28. The first-order chi connectivity index (χ1) is 14.9. The summed E-state index contributed by atoms with van der Waals surface area (Å²) in [4.78, 5) is 25.5. The highest BCUT2D eigenvalue weighted by atomic mass is 16.5. The molecule has 0 radical (unpaired) electrons. The third kappa shape index (κ3) is 11.6. The van der Waals surface area contributed by atoms with Gasteiger partial charge in [-0.2, -0.15) is 0 Å². The number of carbonyl (C=O) groups excluding carboxylic acids is 1. The van der Waals surface area contributed by atoms with Gasteiger partial charge in [0, 0.05) is 25.6 Å². The quantitative estimate of drug-likeness (QED) is 0.373. The Bertz CT molecular complexity index is 633. The molecule has 0 aromatic heterocycles. The highest BCUT2D eigenvalue weighted by Gasteiger charge is 2.18. The van der Waals surface area contributed by atoms with Crippen molar-refractivity contribution in [3.63, 3.8) is 0 Å². The first-order valence-electron chi connectivity index (χ1n) is 11.5. The summed E-state index contributed by atoms with van der Waals surface area (Å²) in [7, 11) is 0. The van der Waals surface area contributed by atoms with Crippen molar-refractivity contribution in [2.45, 2.75) is 78.4 Å². The van der Waals surface area contributed by atoms with E-state index in [2.05, 4.69) is 12.2 Å². The van der Waals surface area contributed by atoms with Crippen LogP contribution >= 0.6 is 0 Å². The van der Waals surface area contributed by atoms with E-state index in [-0.39, 0.29) is 12.1 Å². The summed E-state index contributed by atoms with van der Waals surface area (Å²) in [5.74, 6) is -0.268. The van der Waals surface area contributed by atoms with Gasteiger partial charge >= 0.3 is 12.0 Å². The summed E-state index contributed by atoms with van der Waals surface area (Å²) in [5, 5.41) is 12.2. The van der Waals surface area contributed by atoms with Crippen LogP contribution in [0.4, 0.5) is 4.79 Å². The number of aliphatic carboxylic acids is 1. The molecule has 0 saturated carbocycles. The summed E-state index contributed by atoms with van der Waals surface area (Å²) in [6.45, 7) is 9.87. The van der Waals surface area contributed by atoms with Crippen LogP contribution in [-0.4, -0.2) is 60.5 Å². The predicted molar refractivity (Wildman–Crippen MR) is 123 cm³/mol. The second kappa shape index (κ2) is 15.5. The van der Waals surface area contributed by atoms with Crippen molar-refractivity contribution in [3.8, 4) is 5.75 Å². The van der Waals surface area contributed by atoms with Crippen molar-refractivity contribution >= 4 is 12.0 Å². The van der Waals surface area contributed by atoms with Crippen molar-refractivity contribution in [2.75, 3.05) is 26.3 Å². The molecule has 7 heteroatoms. The zero-order valence-electron chi connectivity index (χ0n) is 19.6. The molecule has 2 N–H and O–H groups in total. The fourth-order valence-electron chi connectivity index (χ4n) is 3.19. The lowest BCUT2D eigenvalue weighted by atomic mass is 10.1. The number of nitrogens with zero attached hydrogens (tertiary/aromatic N) is 1. The van der Waals surface area contributed by atoms with E-state index in [0.29, 0.717) is 31.9 Å². The predicted octanol–water partition coefficient (Wildman–Crippen LogP) is 4.49. The number of carboxylic acid groups (broad SMARTS) is 1. The molecule has 0 saturated heterocycles. The van der Waals surface area contributed by atoms with E-state index in [1.165, 1.54) is 19.3 Å². The summed E-state index contributed by atoms with van der Waals surface area (Å²) in [5.41, 5.74) is 0.873. The molecule has 1 atom stereocenters. The van der Waals surface area contributed by atoms with Gasteiger partial charge in [-0.25, -0.2) is 9.59 Å². The molecule has 1 aromatic rings. The Balaban J connectivity index is 2.53. The Kier molecular flexibility index (Phi) is 13.4. The molecule has 1 aromatic carbocycles. The average Bonchev–Trinajstić information content (AvgIpc) is 2.72. The minimum absolute atomic E-state index is 0.0555. The molecular formula is C24H40N2O5. The molecule has 0 bridgehead atoms. The van der Waals surface area contributed by atoms with Gasteiger partial charge in [-0.05, 0) is 44.9 Å². The first-order valence-corrected chi connectivity index (χ1v) is 11.5. The van der Waals surface area contributed by atoms with Crippen LogP contribution in [0.15, 0.2) is 24.3 Å². The molecule has 0 spiro atoms. The number of ether oxygens (including phenoxy) is 2. The number of amides is 2. The van der Waals surface area contributed by atoms with E-state index in [4.69, 9.17) is 9.47 Å². The minimum atomic E-state index is -0.961. The van der Waals surface area contributed by atoms with Crippen LogP contribution in [0.3, 0.4) is 0 Å². The van der Waals surface area contributed by atoms with E-state index < -0.39 is 12.1 Å². The van der Waals surface area contributed by atoms with Crippen LogP contribution in [-0.2, 0) is 16.0 Å². The number of hydrogen-bond donors (Lipinski definition) is 2. The van der Waals surface area contributed by atoms with Gasteiger partial charge in [0.25, 0.3) is 0 Å². The van der Waals surface area contributed by atoms with E-state index in [1.807, 2.05) is 43.0 Å². The van der Waals surface area contributed by atoms with Gasteiger partial charge in [0.1, 0.15) is 12.4 Å². The monoisotopic (exact) mass is 436 g/mol. The average molecular weight is 437 g/mol. The van der Waals surface area contributed by atoms with Crippen LogP contribution < -0.4 is 10.1 Å². The number of hydrogen-bond acceptors (Lipinski definition) is 4. The van der Waals surface area contributed by atoms with E-state index >= 15 is 0 Å². The molecule has 7 nitrogen and oxygen atoms in total. The first kappa shape index (κ1) is 26.8. The Morgan fingerprint density at radius 3 is 2.29 bits per heavy atom. The van der Waals surface area contributed by atoms with Crippen molar-refractivity contribution in [3.05, 3.63) is 29.8 Å². The summed E-state index contributed by atoms with van der Waals surface area (Å²) in [6, 6.07) is 7.38. The largest absolute Gasteiger partial charge is 0.492 e. The van der Waals surface area contributed by atoms with E-state index in [9.17, 15) is 14.7 Å². The van der Waals surface area contributed by atoms with Gasteiger partial charge in [0.15, 0.2) is 6.10 Å². The number of nitrogens with one attached hydrogen (secondary N) is 1. The lowest BCUT2D eigenvalue weighted by Gasteiger charge is -2.24. The van der Waals surface area contributed by atoms with Gasteiger partial charge in [0.2, 0.25) is 0 Å². The minimum Gasteiger partial charge on any atom is -0.492 e. The van der Waals surface area contributed by atoms with Crippen LogP contribution in [0, 0.1) is 0 Å². The summed E-state index contributed by atoms with van der Waals surface area (Å²) < 4.78 is 11.1. The van der Waals surface area contributed by atoms with Crippen LogP contribution in [0.25, 0.3) is 0 Å². The maximum Gasteiger partial charge on any atom is 0.333 e. The fourth-order valence-corrected chi connectivity index (χ4v) is 3.19. The normalized spacial score (nSPS) is 11.9. The zero-order chi connectivity index (χ0) is 23.1. The van der Waals surface area contributed by atoms with Crippen molar-refractivity contribution in [1.82, 2.24) is 10.2 Å². The lowest BCUT2D eigenvalue weighted by Crippen LogP contribution is -2.45. The van der Waals surface area contributed by atoms with E-state index in [0.717, 1.165) is 24.9 Å². The van der Waals surface area contributed by atoms with Gasteiger partial charge in [-0.15, -0.1) is 0 Å². The van der Waals surface area contributed by atoms with Gasteiger partial charge < -0.3 is 24.8 Å². The fraction of sp³-hybridized carbons (Fsp3) is 0.667. The third-order valence-electron chi connectivity index (χ3n) is 4.85. The second-order valence-electron chi connectivity index (χ2n) is 7.98.